The standard InChI is InChI=1S/C14H15BrClNO4/c1-14(2,3)21-13(20)17-6-8(12(18)19)7-4-9(15)10(16)5-11(7)17/h4-6,12,18-19H,1-3H3. The number of carbonyl (C=O) groups excluding carboxylic acids is 1. The zero-order valence-corrected chi connectivity index (χ0v) is 14.1. The van der Waals surface area contributed by atoms with Crippen LogP contribution in [0.1, 0.15) is 32.6 Å². The molecule has 21 heavy (non-hydrogen) atoms. The highest BCUT2D eigenvalue weighted by Gasteiger charge is 2.23. The maximum absolute atomic E-state index is 12.2. The van der Waals surface area contributed by atoms with Gasteiger partial charge < -0.3 is 14.9 Å². The highest BCUT2D eigenvalue weighted by atomic mass is 79.9. The van der Waals surface area contributed by atoms with Crippen LogP contribution in [0, 0.1) is 0 Å². The first-order valence-electron chi connectivity index (χ1n) is 6.19. The predicted octanol–water partition coefficient (Wildman–Crippen LogP) is 3.82. The Labute approximate surface area is 135 Å². The summed E-state index contributed by atoms with van der Waals surface area (Å²) in [4.78, 5) is 12.2. The Morgan fingerprint density at radius 2 is 2.00 bits per heavy atom. The van der Waals surface area contributed by atoms with Gasteiger partial charge in [0, 0.05) is 21.6 Å². The summed E-state index contributed by atoms with van der Waals surface area (Å²) in [7, 11) is 0. The zero-order valence-electron chi connectivity index (χ0n) is 11.7. The van der Waals surface area contributed by atoms with Crippen LogP contribution in [0.25, 0.3) is 10.9 Å². The summed E-state index contributed by atoms with van der Waals surface area (Å²) in [6.45, 7) is 5.26. The zero-order chi connectivity index (χ0) is 15.9. The molecule has 2 aromatic rings. The smallest absolute Gasteiger partial charge is 0.419 e. The fraction of sp³-hybridized carbons (Fsp3) is 0.357. The first-order chi connectivity index (χ1) is 9.60. The molecule has 1 aromatic heterocycles. The van der Waals surface area contributed by atoms with Crippen molar-refractivity contribution in [1.82, 2.24) is 4.57 Å². The van der Waals surface area contributed by atoms with E-state index in [1.165, 1.54) is 10.8 Å². The van der Waals surface area contributed by atoms with E-state index >= 15 is 0 Å². The lowest BCUT2D eigenvalue weighted by atomic mass is 10.2. The third-order valence-corrected chi connectivity index (χ3v) is 3.94. The third-order valence-electron chi connectivity index (χ3n) is 2.75. The first-order valence-corrected chi connectivity index (χ1v) is 7.37. The number of aromatic nitrogens is 1. The molecule has 0 saturated carbocycles. The van der Waals surface area contributed by atoms with E-state index in [1.807, 2.05) is 0 Å². The third kappa shape index (κ3) is 3.40. The van der Waals surface area contributed by atoms with Gasteiger partial charge in [-0.2, -0.15) is 0 Å². The molecule has 0 bridgehead atoms. The second-order valence-electron chi connectivity index (χ2n) is 5.59. The molecule has 1 aromatic carbocycles. The van der Waals surface area contributed by atoms with Crippen LogP contribution in [-0.4, -0.2) is 26.5 Å². The second-order valence-corrected chi connectivity index (χ2v) is 6.85. The van der Waals surface area contributed by atoms with Crippen molar-refractivity contribution in [2.24, 2.45) is 0 Å². The van der Waals surface area contributed by atoms with Crippen LogP contribution < -0.4 is 0 Å². The maximum atomic E-state index is 12.2. The Bertz CT molecular complexity index is 703. The normalized spacial score (nSPS) is 12.2. The minimum absolute atomic E-state index is 0.202. The van der Waals surface area contributed by atoms with E-state index < -0.39 is 18.0 Å². The molecular formula is C14H15BrClNO4. The van der Waals surface area contributed by atoms with Crippen molar-refractivity contribution < 1.29 is 19.7 Å². The van der Waals surface area contributed by atoms with Gasteiger partial charge in [0.1, 0.15) is 5.60 Å². The molecule has 1 heterocycles. The minimum Gasteiger partial charge on any atom is -0.443 e. The number of benzene rings is 1. The highest BCUT2D eigenvalue weighted by Crippen LogP contribution is 2.33. The van der Waals surface area contributed by atoms with Crippen molar-refractivity contribution in [1.29, 1.82) is 0 Å². The van der Waals surface area contributed by atoms with E-state index in [2.05, 4.69) is 15.9 Å². The topological polar surface area (TPSA) is 71.7 Å². The Hall–Kier alpha value is -1.08. The van der Waals surface area contributed by atoms with E-state index in [9.17, 15) is 15.0 Å². The number of halogens is 2. The van der Waals surface area contributed by atoms with Crippen LogP contribution in [-0.2, 0) is 4.74 Å². The van der Waals surface area contributed by atoms with E-state index in [0.29, 0.717) is 20.4 Å². The van der Waals surface area contributed by atoms with Gasteiger partial charge in [-0.25, -0.2) is 4.79 Å². The number of carbonyl (C=O) groups is 1. The molecule has 2 N–H and O–H groups in total. The summed E-state index contributed by atoms with van der Waals surface area (Å²) < 4.78 is 7.11. The molecular weight excluding hydrogens is 362 g/mol. The Morgan fingerprint density at radius 1 is 1.38 bits per heavy atom. The fourth-order valence-corrected chi connectivity index (χ4v) is 2.41. The number of hydrogen-bond donors (Lipinski definition) is 2. The van der Waals surface area contributed by atoms with Crippen LogP contribution in [0.15, 0.2) is 22.8 Å². The summed E-state index contributed by atoms with van der Waals surface area (Å²) in [5, 5.41) is 19.8. The summed E-state index contributed by atoms with van der Waals surface area (Å²) in [6, 6.07) is 3.20. The van der Waals surface area contributed by atoms with E-state index in [-0.39, 0.29) is 5.56 Å². The molecule has 0 atom stereocenters. The summed E-state index contributed by atoms with van der Waals surface area (Å²) in [5.41, 5.74) is -0.0149. The monoisotopic (exact) mass is 375 g/mol. The van der Waals surface area contributed by atoms with Crippen LogP contribution in [0.2, 0.25) is 5.02 Å². The number of fused-ring (bicyclic) bond motifs is 1. The molecule has 0 fully saturated rings. The van der Waals surface area contributed by atoms with Crippen molar-refractivity contribution in [2.45, 2.75) is 32.7 Å². The van der Waals surface area contributed by atoms with Crippen molar-refractivity contribution in [3.05, 3.63) is 33.4 Å². The van der Waals surface area contributed by atoms with Gasteiger partial charge in [-0.15, -0.1) is 0 Å². The highest BCUT2D eigenvalue weighted by molar-refractivity contribution is 9.10. The molecule has 0 amide bonds. The lowest BCUT2D eigenvalue weighted by molar-refractivity contribution is -0.0413. The number of aliphatic hydroxyl groups is 2. The van der Waals surface area contributed by atoms with Crippen molar-refractivity contribution in [3.8, 4) is 0 Å². The van der Waals surface area contributed by atoms with Gasteiger partial charge >= 0.3 is 6.09 Å². The van der Waals surface area contributed by atoms with Gasteiger partial charge in [0.25, 0.3) is 0 Å². The largest absolute Gasteiger partial charge is 0.443 e. The minimum atomic E-state index is -1.70. The second kappa shape index (κ2) is 5.61. The lowest BCUT2D eigenvalue weighted by Gasteiger charge is -2.19. The number of nitrogens with zero attached hydrogens (tertiary/aromatic N) is 1. The fourth-order valence-electron chi connectivity index (χ4n) is 1.91. The number of hydrogen-bond acceptors (Lipinski definition) is 4. The number of ether oxygens (including phenoxy) is 1. The molecule has 2 rings (SSSR count). The molecule has 0 radical (unpaired) electrons. The van der Waals surface area contributed by atoms with Crippen LogP contribution in [0.3, 0.4) is 0 Å². The number of rotatable bonds is 1. The molecule has 0 aliphatic rings. The molecule has 114 valence electrons. The van der Waals surface area contributed by atoms with E-state index in [4.69, 9.17) is 16.3 Å². The quantitative estimate of drug-likeness (QED) is 0.742. The lowest BCUT2D eigenvalue weighted by Crippen LogP contribution is -2.26. The molecule has 0 saturated heterocycles. The summed E-state index contributed by atoms with van der Waals surface area (Å²) >= 11 is 9.32. The maximum Gasteiger partial charge on any atom is 0.419 e. The molecule has 0 aliphatic heterocycles. The van der Waals surface area contributed by atoms with Gasteiger partial charge in [-0.1, -0.05) is 11.6 Å². The molecule has 7 heteroatoms. The van der Waals surface area contributed by atoms with Gasteiger partial charge in [0.2, 0.25) is 0 Å². The van der Waals surface area contributed by atoms with Gasteiger partial charge in [-0.3, -0.25) is 4.57 Å². The first kappa shape index (κ1) is 16.3. The molecule has 0 aliphatic carbocycles. The summed E-state index contributed by atoms with van der Waals surface area (Å²) in [5.74, 6) is 0. The number of aliphatic hydroxyl groups excluding tert-OH is 1. The van der Waals surface area contributed by atoms with Gasteiger partial charge in [-0.05, 0) is 48.8 Å². The van der Waals surface area contributed by atoms with Gasteiger partial charge in [0.15, 0.2) is 6.29 Å². The average Bonchev–Trinajstić information content (AvgIpc) is 2.66. The Kier molecular flexibility index (Phi) is 4.35. The molecule has 0 spiro atoms. The summed E-state index contributed by atoms with van der Waals surface area (Å²) in [6.07, 6.45) is -0.978. The van der Waals surface area contributed by atoms with Crippen molar-refractivity contribution >= 4 is 44.5 Å². The predicted molar refractivity (Wildman–Crippen MR) is 83.5 cm³/mol. The van der Waals surface area contributed by atoms with Crippen molar-refractivity contribution in [3.63, 3.8) is 0 Å². The van der Waals surface area contributed by atoms with Gasteiger partial charge in [0.05, 0.1) is 10.5 Å². The van der Waals surface area contributed by atoms with Crippen LogP contribution in [0.4, 0.5) is 4.79 Å². The molecule has 0 unspecified atom stereocenters. The SMILES string of the molecule is CC(C)(C)OC(=O)n1cc(C(O)O)c2cc(Br)c(Cl)cc21. The van der Waals surface area contributed by atoms with Crippen LogP contribution >= 0.6 is 27.5 Å². The van der Waals surface area contributed by atoms with E-state index in [0.717, 1.165) is 0 Å². The van der Waals surface area contributed by atoms with E-state index in [1.54, 1.807) is 32.9 Å². The van der Waals surface area contributed by atoms with Crippen molar-refractivity contribution in [2.75, 3.05) is 0 Å². The van der Waals surface area contributed by atoms with Crippen LogP contribution in [0.5, 0.6) is 0 Å². The Balaban J connectivity index is 2.64. The Morgan fingerprint density at radius 3 is 2.52 bits per heavy atom. The molecule has 5 nitrogen and oxygen atoms in total. The average molecular weight is 377 g/mol.